The van der Waals surface area contributed by atoms with E-state index in [2.05, 4.69) is 16.6 Å². The molecule has 5 nitrogen and oxygen atoms in total. The molecule has 2 unspecified atom stereocenters. The van der Waals surface area contributed by atoms with Gasteiger partial charge in [0.15, 0.2) is 0 Å². The summed E-state index contributed by atoms with van der Waals surface area (Å²) in [7, 11) is 0. The first kappa shape index (κ1) is 12.5. The molecule has 3 rings (SSSR count). The number of rotatable bonds is 3. The average molecular weight is 277 g/mol. The predicted molar refractivity (Wildman–Crippen MR) is 74.7 cm³/mol. The zero-order chi connectivity index (χ0) is 13.4. The number of thioether (sulfide) groups is 1. The van der Waals surface area contributed by atoms with Crippen molar-refractivity contribution in [1.29, 1.82) is 0 Å². The van der Waals surface area contributed by atoms with E-state index in [1.54, 1.807) is 12.1 Å². The maximum absolute atomic E-state index is 11.2. The molecule has 0 amide bonds. The Morgan fingerprint density at radius 3 is 3.00 bits per heavy atom. The van der Waals surface area contributed by atoms with Crippen molar-refractivity contribution in [3.63, 3.8) is 0 Å². The molecule has 19 heavy (non-hydrogen) atoms. The first-order valence-electron chi connectivity index (χ1n) is 6.30. The zero-order valence-electron chi connectivity index (χ0n) is 10.6. The average Bonchev–Trinajstić information content (AvgIpc) is 3.03. The van der Waals surface area contributed by atoms with Crippen LogP contribution in [0.4, 0.5) is 0 Å². The van der Waals surface area contributed by atoms with E-state index in [-0.39, 0.29) is 5.56 Å². The Hall–Kier alpha value is -1.56. The summed E-state index contributed by atoms with van der Waals surface area (Å²) in [4.78, 5) is 11.2. The molecule has 1 aromatic carbocycles. The molecule has 0 bridgehead atoms. The van der Waals surface area contributed by atoms with Crippen LogP contribution in [-0.2, 0) is 0 Å². The maximum atomic E-state index is 11.2. The largest absolute Gasteiger partial charge is 0.478 e. The first-order valence-corrected chi connectivity index (χ1v) is 7.59. The second kappa shape index (κ2) is 4.85. The van der Waals surface area contributed by atoms with Gasteiger partial charge in [-0.1, -0.05) is 11.3 Å². The predicted octanol–water partition coefficient (Wildman–Crippen LogP) is 2.59. The maximum Gasteiger partial charge on any atom is 0.338 e. The smallest absolute Gasteiger partial charge is 0.338 e. The molecule has 1 N–H and O–H groups in total. The molecule has 2 atom stereocenters. The summed E-state index contributed by atoms with van der Waals surface area (Å²) in [5, 5.41) is 18.1. The number of aromatic nitrogens is 3. The van der Waals surface area contributed by atoms with E-state index in [1.807, 2.05) is 22.5 Å². The van der Waals surface area contributed by atoms with Crippen LogP contribution in [0.2, 0.25) is 0 Å². The number of carbonyl (C=O) groups is 1. The van der Waals surface area contributed by atoms with Crippen LogP contribution in [0.25, 0.3) is 11.0 Å². The Kier molecular flexibility index (Phi) is 3.18. The molecule has 1 saturated carbocycles. The number of nitrogens with zero attached hydrogens (tertiary/aromatic N) is 3. The molecule has 0 radical (unpaired) electrons. The summed E-state index contributed by atoms with van der Waals surface area (Å²) < 4.78 is 1.90. The van der Waals surface area contributed by atoms with Gasteiger partial charge in [-0.2, -0.15) is 11.8 Å². The molecule has 0 aliphatic heterocycles. The third-order valence-electron chi connectivity index (χ3n) is 3.77. The lowest BCUT2D eigenvalue weighted by Crippen LogP contribution is -2.08. The third-order valence-corrected chi connectivity index (χ3v) is 4.86. The second-order valence-corrected chi connectivity index (χ2v) is 5.98. The summed E-state index contributed by atoms with van der Waals surface area (Å²) in [5.74, 6) is -0.953. The standard InChI is InChI=1S/C13H15N3O2S/c1-19-9-6-5-8(7-9)16-11-4-2-3-10(13(17)18)12(11)14-15-16/h2-4,8-9H,5-7H2,1H3,(H,17,18). The highest BCUT2D eigenvalue weighted by Crippen LogP contribution is 2.37. The summed E-state index contributed by atoms with van der Waals surface area (Å²) in [5.41, 5.74) is 1.54. The number of carboxylic acid groups (broad SMARTS) is 1. The van der Waals surface area contributed by atoms with Gasteiger partial charge < -0.3 is 5.11 Å². The van der Waals surface area contributed by atoms with Crippen molar-refractivity contribution in [3.8, 4) is 0 Å². The third kappa shape index (κ3) is 2.10. The fraction of sp³-hybridized carbons (Fsp3) is 0.462. The minimum atomic E-state index is -0.953. The minimum Gasteiger partial charge on any atom is -0.478 e. The van der Waals surface area contributed by atoms with E-state index in [0.717, 1.165) is 18.4 Å². The fourth-order valence-electron chi connectivity index (χ4n) is 2.76. The van der Waals surface area contributed by atoms with Crippen molar-refractivity contribution in [2.24, 2.45) is 0 Å². The zero-order valence-corrected chi connectivity index (χ0v) is 11.4. The van der Waals surface area contributed by atoms with E-state index in [4.69, 9.17) is 5.11 Å². The van der Waals surface area contributed by atoms with Gasteiger partial charge in [0.2, 0.25) is 0 Å². The topological polar surface area (TPSA) is 68.0 Å². The fourth-order valence-corrected chi connectivity index (χ4v) is 3.54. The quantitative estimate of drug-likeness (QED) is 0.934. The lowest BCUT2D eigenvalue weighted by Gasteiger charge is -2.11. The van der Waals surface area contributed by atoms with Crippen LogP contribution in [0.1, 0.15) is 35.7 Å². The van der Waals surface area contributed by atoms with Crippen LogP contribution >= 0.6 is 11.8 Å². The molecule has 1 aliphatic carbocycles. The van der Waals surface area contributed by atoms with Gasteiger partial charge in [0, 0.05) is 5.25 Å². The van der Waals surface area contributed by atoms with Gasteiger partial charge in [-0.05, 0) is 37.7 Å². The number of fused-ring (bicyclic) bond motifs is 1. The molecular weight excluding hydrogens is 262 g/mol. The molecule has 0 spiro atoms. The Bertz CT molecular complexity index is 625. The normalized spacial score (nSPS) is 23.0. The first-order chi connectivity index (χ1) is 9.20. The summed E-state index contributed by atoms with van der Waals surface area (Å²) in [6.07, 6.45) is 5.49. The van der Waals surface area contributed by atoms with Gasteiger partial charge in [-0.15, -0.1) is 5.10 Å². The van der Waals surface area contributed by atoms with Crippen LogP contribution in [-0.4, -0.2) is 37.6 Å². The van der Waals surface area contributed by atoms with Crippen molar-refractivity contribution < 1.29 is 9.90 Å². The molecule has 2 aromatic rings. The number of hydrogen-bond donors (Lipinski definition) is 1. The highest BCUT2D eigenvalue weighted by atomic mass is 32.2. The molecule has 1 aromatic heterocycles. The van der Waals surface area contributed by atoms with Gasteiger partial charge in [0.25, 0.3) is 0 Å². The molecule has 100 valence electrons. The number of carboxylic acids is 1. The highest BCUT2D eigenvalue weighted by Gasteiger charge is 2.27. The number of benzene rings is 1. The van der Waals surface area contributed by atoms with Crippen molar-refractivity contribution in [1.82, 2.24) is 15.0 Å². The Morgan fingerprint density at radius 2 is 2.32 bits per heavy atom. The van der Waals surface area contributed by atoms with Gasteiger partial charge in [-0.25, -0.2) is 9.48 Å². The van der Waals surface area contributed by atoms with Gasteiger partial charge in [0.1, 0.15) is 5.52 Å². The molecule has 1 aliphatic rings. The summed E-state index contributed by atoms with van der Waals surface area (Å²) in [6, 6.07) is 5.57. The van der Waals surface area contributed by atoms with E-state index in [0.29, 0.717) is 16.8 Å². The monoisotopic (exact) mass is 277 g/mol. The molecule has 0 saturated heterocycles. The van der Waals surface area contributed by atoms with Crippen LogP contribution in [0.5, 0.6) is 0 Å². The van der Waals surface area contributed by atoms with Crippen LogP contribution < -0.4 is 0 Å². The molecular formula is C13H15N3O2S. The van der Waals surface area contributed by atoms with E-state index >= 15 is 0 Å². The van der Waals surface area contributed by atoms with Crippen LogP contribution in [0, 0.1) is 0 Å². The molecule has 1 fully saturated rings. The highest BCUT2D eigenvalue weighted by molar-refractivity contribution is 7.99. The van der Waals surface area contributed by atoms with E-state index in [9.17, 15) is 4.79 Å². The van der Waals surface area contributed by atoms with Crippen molar-refractivity contribution in [3.05, 3.63) is 23.8 Å². The number of aromatic carboxylic acids is 1. The van der Waals surface area contributed by atoms with Crippen molar-refractivity contribution in [2.45, 2.75) is 30.6 Å². The van der Waals surface area contributed by atoms with E-state index < -0.39 is 5.97 Å². The van der Waals surface area contributed by atoms with Crippen molar-refractivity contribution in [2.75, 3.05) is 6.26 Å². The lowest BCUT2D eigenvalue weighted by atomic mass is 10.1. The van der Waals surface area contributed by atoms with E-state index in [1.165, 1.54) is 6.42 Å². The Balaban J connectivity index is 2.02. The second-order valence-electron chi connectivity index (χ2n) is 4.84. The summed E-state index contributed by atoms with van der Waals surface area (Å²) in [6.45, 7) is 0. The number of hydrogen-bond acceptors (Lipinski definition) is 4. The van der Waals surface area contributed by atoms with Crippen LogP contribution in [0.3, 0.4) is 0 Å². The SMILES string of the molecule is CSC1CCC(n2nnc3c(C(=O)O)cccc32)C1. The Morgan fingerprint density at radius 1 is 1.47 bits per heavy atom. The van der Waals surface area contributed by atoms with Crippen LogP contribution in [0.15, 0.2) is 18.2 Å². The minimum absolute atomic E-state index is 0.225. The molecule has 1 heterocycles. The Labute approximate surface area is 115 Å². The van der Waals surface area contributed by atoms with Gasteiger partial charge >= 0.3 is 5.97 Å². The van der Waals surface area contributed by atoms with Gasteiger partial charge in [0.05, 0.1) is 17.1 Å². The summed E-state index contributed by atoms with van der Waals surface area (Å²) >= 11 is 1.89. The van der Waals surface area contributed by atoms with Crippen molar-refractivity contribution >= 4 is 28.8 Å². The lowest BCUT2D eigenvalue weighted by molar-refractivity contribution is 0.0699. The molecule has 6 heteroatoms. The van der Waals surface area contributed by atoms with Gasteiger partial charge in [-0.3, -0.25) is 0 Å².